The van der Waals surface area contributed by atoms with Crippen molar-refractivity contribution in [1.29, 1.82) is 0 Å². The minimum atomic E-state index is -0.411. The van der Waals surface area contributed by atoms with Crippen LogP contribution in [0.15, 0.2) is 0 Å². The van der Waals surface area contributed by atoms with E-state index in [2.05, 4.69) is 4.74 Å². The summed E-state index contributed by atoms with van der Waals surface area (Å²) in [7, 11) is 0. The van der Waals surface area contributed by atoms with E-state index < -0.39 is 11.9 Å². The van der Waals surface area contributed by atoms with Crippen molar-refractivity contribution >= 4 is 115 Å². The van der Waals surface area contributed by atoms with Gasteiger partial charge in [-0.2, -0.15) is 0 Å². The molecule has 0 bridgehead atoms. The number of ether oxygens (including phenoxy) is 1. The predicted molar refractivity (Wildman–Crippen MR) is 55.2 cm³/mol. The molecule has 0 radical (unpaired) electrons. The van der Waals surface area contributed by atoms with Gasteiger partial charge in [-0.25, -0.2) is 0 Å². The van der Waals surface area contributed by atoms with E-state index in [1.54, 1.807) is 0 Å². The fourth-order valence-electron chi connectivity index (χ4n) is 0.637. The molecule has 5 heteroatoms. The van der Waals surface area contributed by atoms with E-state index in [0.717, 1.165) is 12.8 Å². The molecule has 13 heavy (non-hydrogen) atoms. The van der Waals surface area contributed by atoms with E-state index in [0.29, 0.717) is 12.8 Å². The number of rotatable bonds is 4. The van der Waals surface area contributed by atoms with Crippen molar-refractivity contribution in [3.63, 3.8) is 0 Å². The molecule has 0 aromatic heterocycles. The Balaban J connectivity index is -0.000000500. The summed E-state index contributed by atoms with van der Waals surface area (Å²) in [6.45, 7) is 3.73. The summed E-state index contributed by atoms with van der Waals surface area (Å²) < 4.78 is 4.45. The van der Waals surface area contributed by atoms with Gasteiger partial charge in [0, 0.05) is 12.8 Å². The Hall–Kier alpha value is 2.41. The zero-order valence-corrected chi connectivity index (χ0v) is 7.05. The van der Waals surface area contributed by atoms with Crippen LogP contribution in [-0.4, -0.2) is 115 Å². The summed E-state index contributed by atoms with van der Waals surface area (Å²) in [6, 6.07) is 0. The van der Waals surface area contributed by atoms with Gasteiger partial charge in [0.25, 0.3) is 0 Å². The molecule has 0 saturated heterocycles. The molecule has 68 valence electrons. The number of carbonyl (C=O) groups excluding carboxylic acids is 2. The molecular weight excluding hydrogens is 222 g/mol. The molecule has 3 nitrogen and oxygen atoms in total. The molecule has 0 saturated carbocycles. The van der Waals surface area contributed by atoms with Gasteiger partial charge < -0.3 is 4.74 Å². The van der Waals surface area contributed by atoms with Crippen LogP contribution in [0, 0.1) is 0 Å². The van der Waals surface area contributed by atoms with E-state index in [-0.39, 0.29) is 103 Å². The Morgan fingerprint density at radius 3 is 1.46 bits per heavy atom. The SMILES string of the molecule is CCCC(=O)OC(=O)CCC.[KH].[KH]. The summed E-state index contributed by atoms with van der Waals surface area (Å²) in [5.74, 6) is -0.822. The molecular formula is C8H16K2O3. The van der Waals surface area contributed by atoms with Crippen LogP contribution in [0.3, 0.4) is 0 Å². The average Bonchev–Trinajstić information content (AvgIpc) is 1.87. The van der Waals surface area contributed by atoms with Gasteiger partial charge >= 0.3 is 115 Å². The van der Waals surface area contributed by atoms with Gasteiger partial charge in [0.05, 0.1) is 0 Å². The molecule has 0 aromatic rings. The summed E-state index contributed by atoms with van der Waals surface area (Å²) in [5.41, 5.74) is 0. The zero-order valence-electron chi connectivity index (χ0n) is 7.05. The number of hydrogen-bond donors (Lipinski definition) is 0. The first-order chi connectivity index (χ1) is 5.20. The summed E-state index contributed by atoms with van der Waals surface area (Å²) in [6.07, 6.45) is 2.10. The van der Waals surface area contributed by atoms with Crippen LogP contribution in [0.5, 0.6) is 0 Å². The molecule has 0 amide bonds. The molecule has 0 atom stereocenters. The molecule has 0 heterocycles. The van der Waals surface area contributed by atoms with Crippen LogP contribution >= 0.6 is 0 Å². The van der Waals surface area contributed by atoms with Gasteiger partial charge in [-0.3, -0.25) is 9.59 Å². The summed E-state index contributed by atoms with van der Waals surface area (Å²) >= 11 is 0. The Morgan fingerprint density at radius 2 is 1.23 bits per heavy atom. The van der Waals surface area contributed by atoms with Crippen LogP contribution in [0.1, 0.15) is 39.5 Å². The molecule has 0 aliphatic carbocycles. The fourth-order valence-corrected chi connectivity index (χ4v) is 0.637. The van der Waals surface area contributed by atoms with Gasteiger partial charge in [-0.1, -0.05) is 13.8 Å². The third kappa shape index (κ3) is 14.4. The van der Waals surface area contributed by atoms with Gasteiger partial charge in [0.1, 0.15) is 0 Å². The third-order valence-electron chi connectivity index (χ3n) is 1.14. The van der Waals surface area contributed by atoms with E-state index >= 15 is 0 Å². The molecule has 0 aliphatic rings. The van der Waals surface area contributed by atoms with Crippen LogP contribution in [0.4, 0.5) is 0 Å². The molecule has 0 N–H and O–H groups in total. The molecule has 0 aromatic carbocycles. The van der Waals surface area contributed by atoms with Crippen LogP contribution in [0.25, 0.3) is 0 Å². The Bertz CT molecular complexity index is 132. The second-order valence-corrected chi connectivity index (χ2v) is 2.35. The Labute approximate surface area is 165 Å². The van der Waals surface area contributed by atoms with E-state index in [1.165, 1.54) is 0 Å². The first-order valence-electron chi connectivity index (χ1n) is 3.94. The molecule has 0 unspecified atom stereocenters. The summed E-state index contributed by atoms with van der Waals surface area (Å²) in [4.78, 5) is 21.4. The topological polar surface area (TPSA) is 43.4 Å². The van der Waals surface area contributed by atoms with Gasteiger partial charge in [0.15, 0.2) is 0 Å². The first-order valence-corrected chi connectivity index (χ1v) is 3.94. The van der Waals surface area contributed by atoms with E-state index in [1.807, 2.05) is 13.8 Å². The number of carbonyl (C=O) groups is 2. The molecule has 0 rings (SSSR count). The van der Waals surface area contributed by atoms with Crippen LogP contribution in [0.2, 0.25) is 0 Å². The second kappa shape index (κ2) is 14.4. The second-order valence-electron chi connectivity index (χ2n) is 2.35. The van der Waals surface area contributed by atoms with E-state index in [9.17, 15) is 9.59 Å². The zero-order chi connectivity index (χ0) is 8.69. The fraction of sp³-hybridized carbons (Fsp3) is 0.750. The predicted octanol–water partition coefficient (Wildman–Crippen LogP) is 0.359. The third-order valence-corrected chi connectivity index (χ3v) is 1.14. The Morgan fingerprint density at radius 1 is 0.923 bits per heavy atom. The maximum absolute atomic E-state index is 10.7. The van der Waals surface area contributed by atoms with Crippen molar-refractivity contribution in [2.45, 2.75) is 39.5 Å². The standard InChI is InChI=1S/C8H14O3.2K.2H/c1-3-5-7(9)11-8(10)6-4-2;;;;/h3-6H2,1-2H3;;;;. The maximum atomic E-state index is 10.7. The van der Waals surface area contributed by atoms with Crippen molar-refractivity contribution in [3.8, 4) is 0 Å². The molecule has 0 fully saturated rings. The minimum absolute atomic E-state index is 0. The quantitative estimate of drug-likeness (QED) is 0.403. The monoisotopic (exact) mass is 238 g/mol. The summed E-state index contributed by atoms with van der Waals surface area (Å²) in [5, 5.41) is 0. The number of hydrogen-bond acceptors (Lipinski definition) is 3. The first kappa shape index (κ1) is 20.8. The normalized spacial score (nSPS) is 7.85. The van der Waals surface area contributed by atoms with Crippen LogP contribution in [-0.2, 0) is 14.3 Å². The van der Waals surface area contributed by atoms with Crippen molar-refractivity contribution in [2.24, 2.45) is 0 Å². The van der Waals surface area contributed by atoms with Crippen molar-refractivity contribution in [2.75, 3.05) is 0 Å². The molecule has 0 aliphatic heterocycles. The van der Waals surface area contributed by atoms with Gasteiger partial charge in [-0.15, -0.1) is 0 Å². The van der Waals surface area contributed by atoms with Crippen molar-refractivity contribution in [1.82, 2.24) is 0 Å². The Kier molecular flexibility index (Phi) is 23.0. The van der Waals surface area contributed by atoms with Crippen molar-refractivity contribution in [3.05, 3.63) is 0 Å². The van der Waals surface area contributed by atoms with Crippen LogP contribution < -0.4 is 0 Å². The number of esters is 2. The van der Waals surface area contributed by atoms with Gasteiger partial charge in [0.2, 0.25) is 0 Å². The van der Waals surface area contributed by atoms with Crippen molar-refractivity contribution < 1.29 is 14.3 Å². The average molecular weight is 238 g/mol. The van der Waals surface area contributed by atoms with E-state index in [4.69, 9.17) is 0 Å². The molecule has 0 spiro atoms. The van der Waals surface area contributed by atoms with Gasteiger partial charge in [-0.05, 0) is 12.8 Å².